The summed E-state index contributed by atoms with van der Waals surface area (Å²) in [7, 11) is -4.37. The molecule has 33 heavy (non-hydrogen) atoms. The van der Waals surface area contributed by atoms with Crippen molar-refractivity contribution in [1.82, 2.24) is 14.3 Å². The van der Waals surface area contributed by atoms with Crippen LogP contribution in [0.25, 0.3) is 22.3 Å². The van der Waals surface area contributed by atoms with Crippen molar-refractivity contribution in [2.75, 3.05) is 0 Å². The molecule has 0 amide bonds. The van der Waals surface area contributed by atoms with Crippen molar-refractivity contribution in [3.63, 3.8) is 0 Å². The number of hydrogen-bond acceptors (Lipinski definition) is 4. The number of benzene rings is 1. The lowest BCUT2D eigenvalue weighted by atomic mass is 10.1. The van der Waals surface area contributed by atoms with E-state index in [1.807, 2.05) is 13.0 Å². The number of rotatable bonds is 5. The number of hydrogen-bond donors (Lipinski definition) is 1. The normalized spacial score (nSPS) is 16.2. The summed E-state index contributed by atoms with van der Waals surface area (Å²) in [5.74, 6) is 0. The van der Waals surface area contributed by atoms with E-state index < -0.39 is 22.2 Å². The summed E-state index contributed by atoms with van der Waals surface area (Å²) in [6.45, 7) is 2.65. The lowest BCUT2D eigenvalue weighted by Gasteiger charge is -2.19. The van der Waals surface area contributed by atoms with Gasteiger partial charge in [0.2, 0.25) is 10.0 Å². The third kappa shape index (κ3) is 4.35. The molecule has 1 aliphatic rings. The van der Waals surface area contributed by atoms with E-state index in [0.29, 0.717) is 22.5 Å². The Hall–Kier alpha value is -2.90. The first-order valence-electron chi connectivity index (χ1n) is 10.6. The Labute approximate surface area is 190 Å². The van der Waals surface area contributed by atoms with Crippen LogP contribution >= 0.6 is 0 Å². The Morgan fingerprint density at radius 3 is 2.42 bits per heavy atom. The molecule has 1 fully saturated rings. The van der Waals surface area contributed by atoms with Crippen molar-refractivity contribution in [2.24, 2.45) is 0 Å². The molecule has 3 aromatic rings. The lowest BCUT2D eigenvalue weighted by Crippen LogP contribution is -2.42. The number of alkyl halides is 3. The fourth-order valence-corrected chi connectivity index (χ4v) is 5.60. The van der Waals surface area contributed by atoms with Crippen LogP contribution in [0, 0.1) is 18.3 Å². The van der Waals surface area contributed by atoms with Crippen LogP contribution in [0.1, 0.15) is 49.8 Å². The second-order valence-corrected chi connectivity index (χ2v) is 10.2. The fourth-order valence-electron chi connectivity index (χ4n) is 4.37. The number of aryl methyl sites for hydroxylation is 1. The van der Waals surface area contributed by atoms with Gasteiger partial charge >= 0.3 is 6.18 Å². The first kappa shape index (κ1) is 23.3. The predicted octanol–water partition coefficient (Wildman–Crippen LogP) is 5.23. The number of sulfonamides is 1. The van der Waals surface area contributed by atoms with E-state index in [1.165, 1.54) is 24.3 Å². The van der Waals surface area contributed by atoms with Gasteiger partial charge in [0.1, 0.15) is 17.8 Å². The maximum atomic E-state index is 12.8. The molecule has 1 saturated carbocycles. The molecule has 174 valence electrons. The third-order valence-corrected chi connectivity index (χ3v) is 7.60. The van der Waals surface area contributed by atoms with E-state index in [4.69, 9.17) is 0 Å². The van der Waals surface area contributed by atoms with E-state index in [2.05, 4.69) is 15.6 Å². The Morgan fingerprint density at radius 1 is 1.21 bits per heavy atom. The topological polar surface area (TPSA) is 87.8 Å². The molecule has 0 bridgehead atoms. The van der Waals surface area contributed by atoms with Gasteiger partial charge < -0.3 is 4.57 Å². The van der Waals surface area contributed by atoms with Crippen LogP contribution in [-0.4, -0.2) is 30.2 Å². The van der Waals surface area contributed by atoms with Crippen LogP contribution in [0.3, 0.4) is 0 Å². The monoisotopic (exact) mass is 476 g/mol. The number of fused-ring (bicyclic) bond motifs is 1. The Balaban J connectivity index is 1.81. The van der Waals surface area contributed by atoms with Crippen LogP contribution in [0.2, 0.25) is 0 Å². The average molecular weight is 477 g/mol. The molecule has 10 heteroatoms. The second kappa shape index (κ2) is 8.47. The molecule has 1 N–H and O–H groups in total. The Kier molecular flexibility index (Phi) is 5.97. The highest BCUT2D eigenvalue weighted by molar-refractivity contribution is 7.89. The number of pyridine rings is 1. The van der Waals surface area contributed by atoms with Gasteiger partial charge in [0, 0.05) is 17.6 Å². The van der Waals surface area contributed by atoms with E-state index in [9.17, 15) is 26.9 Å². The molecule has 0 spiro atoms. The minimum absolute atomic E-state index is 0.164. The van der Waals surface area contributed by atoms with Crippen molar-refractivity contribution in [3.8, 4) is 17.3 Å². The SMILES string of the molecule is Cc1cnc2c(c1)c(C#N)c(-c1ccc(S(=O)(=O)NC(C)C(F)(F)F)cc1)n2C1CCCC1. The van der Waals surface area contributed by atoms with Crippen molar-refractivity contribution >= 4 is 21.1 Å². The van der Waals surface area contributed by atoms with Gasteiger partial charge in [0.05, 0.1) is 16.2 Å². The third-order valence-electron chi connectivity index (χ3n) is 6.04. The zero-order valence-electron chi connectivity index (χ0n) is 18.1. The van der Waals surface area contributed by atoms with E-state index in [1.54, 1.807) is 10.9 Å². The summed E-state index contributed by atoms with van der Waals surface area (Å²) in [5.41, 5.74) is 3.33. The van der Waals surface area contributed by atoms with Gasteiger partial charge in [0.15, 0.2) is 0 Å². The first-order chi connectivity index (χ1) is 15.5. The number of nitrogens with one attached hydrogen (secondary N) is 1. The van der Waals surface area contributed by atoms with Gasteiger partial charge in [0.25, 0.3) is 0 Å². The molecule has 2 aromatic heterocycles. The van der Waals surface area contributed by atoms with E-state index in [0.717, 1.165) is 43.6 Å². The quantitative estimate of drug-likeness (QED) is 0.546. The van der Waals surface area contributed by atoms with Gasteiger partial charge in [-0.2, -0.15) is 23.2 Å². The van der Waals surface area contributed by atoms with Gasteiger partial charge in [-0.15, -0.1) is 0 Å². The minimum Gasteiger partial charge on any atom is -0.321 e. The maximum absolute atomic E-state index is 12.8. The zero-order chi connectivity index (χ0) is 24.0. The minimum atomic E-state index is -4.69. The summed E-state index contributed by atoms with van der Waals surface area (Å²) in [4.78, 5) is 4.31. The average Bonchev–Trinajstić information content (AvgIpc) is 3.38. The lowest BCUT2D eigenvalue weighted by molar-refractivity contribution is -0.147. The molecule has 4 rings (SSSR count). The summed E-state index contributed by atoms with van der Waals surface area (Å²) in [6, 6.07) is 7.72. The van der Waals surface area contributed by atoms with Gasteiger partial charge in [-0.3, -0.25) is 0 Å². The molecule has 1 unspecified atom stereocenters. The van der Waals surface area contributed by atoms with Gasteiger partial charge in [-0.05, 0) is 56.0 Å². The number of nitriles is 1. The highest BCUT2D eigenvalue weighted by atomic mass is 32.2. The summed E-state index contributed by atoms with van der Waals surface area (Å²) < 4.78 is 67.1. The van der Waals surface area contributed by atoms with Crippen LogP contribution < -0.4 is 4.72 Å². The molecule has 1 aliphatic carbocycles. The molecule has 0 aliphatic heterocycles. The Bertz CT molecular complexity index is 1330. The smallest absolute Gasteiger partial charge is 0.321 e. The molecule has 2 heterocycles. The molecule has 0 saturated heterocycles. The van der Waals surface area contributed by atoms with Crippen molar-refractivity contribution in [2.45, 2.75) is 62.7 Å². The summed E-state index contributed by atoms with van der Waals surface area (Å²) in [6.07, 6.45) is 1.09. The first-order valence-corrected chi connectivity index (χ1v) is 12.1. The molecule has 6 nitrogen and oxygen atoms in total. The largest absolute Gasteiger partial charge is 0.404 e. The number of halogens is 3. The molecular formula is C23H23F3N4O2S. The Morgan fingerprint density at radius 2 is 1.85 bits per heavy atom. The van der Waals surface area contributed by atoms with Crippen LogP contribution in [0.5, 0.6) is 0 Å². The van der Waals surface area contributed by atoms with Gasteiger partial charge in [-0.1, -0.05) is 25.0 Å². The highest BCUT2D eigenvalue weighted by Gasteiger charge is 2.39. The van der Waals surface area contributed by atoms with E-state index in [-0.39, 0.29) is 10.9 Å². The molecular weight excluding hydrogens is 453 g/mol. The van der Waals surface area contributed by atoms with Crippen molar-refractivity contribution in [1.29, 1.82) is 5.26 Å². The van der Waals surface area contributed by atoms with Crippen LogP contribution in [0.4, 0.5) is 13.2 Å². The molecule has 0 radical (unpaired) electrons. The zero-order valence-corrected chi connectivity index (χ0v) is 19.0. The fraction of sp³-hybridized carbons (Fsp3) is 0.391. The number of nitrogens with zero attached hydrogens (tertiary/aromatic N) is 3. The van der Waals surface area contributed by atoms with E-state index >= 15 is 0 Å². The predicted molar refractivity (Wildman–Crippen MR) is 118 cm³/mol. The van der Waals surface area contributed by atoms with Crippen LogP contribution in [0.15, 0.2) is 41.4 Å². The molecule has 1 aromatic carbocycles. The highest BCUT2D eigenvalue weighted by Crippen LogP contribution is 2.41. The number of aromatic nitrogens is 2. The van der Waals surface area contributed by atoms with Gasteiger partial charge in [-0.25, -0.2) is 13.4 Å². The second-order valence-electron chi connectivity index (χ2n) is 8.44. The standard InChI is InChI=1S/C23H23F3N4O2S/c1-14-11-19-20(12-27)21(30(22(19)28-13-14)17-5-3-4-6-17)16-7-9-18(10-8-16)33(31,32)29-15(2)23(24,25)26/h7-11,13,15,17,29H,3-6H2,1-2H3. The maximum Gasteiger partial charge on any atom is 0.404 e. The molecule has 1 atom stereocenters. The van der Waals surface area contributed by atoms with Crippen molar-refractivity contribution < 1.29 is 21.6 Å². The summed E-state index contributed by atoms with van der Waals surface area (Å²) in [5, 5.41) is 10.7. The summed E-state index contributed by atoms with van der Waals surface area (Å²) >= 11 is 0. The van der Waals surface area contributed by atoms with Crippen molar-refractivity contribution in [3.05, 3.63) is 47.7 Å². The van der Waals surface area contributed by atoms with Crippen LogP contribution in [-0.2, 0) is 10.0 Å².